The van der Waals surface area contributed by atoms with Crippen LogP contribution in [0.4, 0.5) is 0 Å². The fourth-order valence-electron chi connectivity index (χ4n) is 1.75. The maximum absolute atomic E-state index is 5.52. The molecule has 0 saturated heterocycles. The molecule has 0 radical (unpaired) electrons. The van der Waals surface area contributed by atoms with Gasteiger partial charge >= 0.3 is 0 Å². The van der Waals surface area contributed by atoms with Gasteiger partial charge in [0.05, 0.1) is 16.5 Å². The minimum absolute atomic E-state index is 0.614. The molecule has 3 aromatic rings. The van der Waals surface area contributed by atoms with E-state index in [1.807, 2.05) is 22.9 Å². The number of nitrogens with zero attached hydrogens (tertiary/aromatic N) is 3. The lowest BCUT2D eigenvalue weighted by Crippen LogP contribution is -2.07. The minimum Gasteiger partial charge on any atom is -0.335 e. The Morgan fingerprint density at radius 3 is 3.11 bits per heavy atom. The van der Waals surface area contributed by atoms with E-state index in [0.717, 1.165) is 31.9 Å². The zero-order valence-electron chi connectivity index (χ0n) is 9.51. The van der Waals surface area contributed by atoms with Crippen molar-refractivity contribution in [3.63, 3.8) is 0 Å². The van der Waals surface area contributed by atoms with Gasteiger partial charge in [0.15, 0.2) is 0 Å². The smallest absolute Gasteiger partial charge is 0.144 e. The van der Waals surface area contributed by atoms with E-state index in [9.17, 15) is 0 Å². The van der Waals surface area contributed by atoms with E-state index in [2.05, 4.69) is 32.0 Å². The minimum atomic E-state index is 0.614. The van der Waals surface area contributed by atoms with Gasteiger partial charge in [-0.2, -0.15) is 0 Å². The van der Waals surface area contributed by atoms with Crippen LogP contribution in [0.2, 0.25) is 0 Å². The zero-order chi connectivity index (χ0) is 12.5. The number of benzene rings is 1. The van der Waals surface area contributed by atoms with Crippen molar-refractivity contribution >= 4 is 37.5 Å². The van der Waals surface area contributed by atoms with Crippen LogP contribution in [0, 0.1) is 0 Å². The molecule has 92 valence electrons. The molecule has 2 heterocycles. The van der Waals surface area contributed by atoms with Crippen LogP contribution >= 0.6 is 27.3 Å². The summed E-state index contributed by atoms with van der Waals surface area (Å²) in [6.07, 6.45) is 3.78. The molecule has 0 atom stereocenters. The van der Waals surface area contributed by atoms with Gasteiger partial charge in [-0.25, -0.2) is 9.97 Å². The summed E-state index contributed by atoms with van der Waals surface area (Å²) in [7, 11) is 0. The van der Waals surface area contributed by atoms with Crippen molar-refractivity contribution in [2.45, 2.75) is 6.54 Å². The van der Waals surface area contributed by atoms with Crippen molar-refractivity contribution in [3.8, 4) is 10.7 Å². The Kier molecular flexibility index (Phi) is 3.15. The maximum atomic E-state index is 5.52. The van der Waals surface area contributed by atoms with Crippen molar-refractivity contribution < 1.29 is 0 Å². The summed E-state index contributed by atoms with van der Waals surface area (Å²) in [5.41, 5.74) is 7.43. The third-order valence-electron chi connectivity index (χ3n) is 2.59. The summed E-state index contributed by atoms with van der Waals surface area (Å²) >= 11 is 5.12. The second-order valence-electron chi connectivity index (χ2n) is 3.92. The van der Waals surface area contributed by atoms with E-state index in [1.165, 1.54) is 0 Å². The molecular weight excluding hydrogens is 312 g/mol. The van der Waals surface area contributed by atoms with Gasteiger partial charge in [0.1, 0.15) is 10.7 Å². The Morgan fingerprint density at radius 1 is 1.39 bits per heavy atom. The van der Waals surface area contributed by atoms with E-state index >= 15 is 0 Å². The molecule has 3 rings (SSSR count). The molecule has 1 aromatic carbocycles. The van der Waals surface area contributed by atoms with E-state index in [4.69, 9.17) is 5.73 Å². The van der Waals surface area contributed by atoms with E-state index in [0.29, 0.717) is 6.54 Å². The van der Waals surface area contributed by atoms with E-state index in [-0.39, 0.29) is 0 Å². The highest BCUT2D eigenvalue weighted by Gasteiger charge is 2.09. The van der Waals surface area contributed by atoms with Gasteiger partial charge in [0, 0.05) is 23.8 Å². The number of hydrogen-bond donors (Lipinski definition) is 1. The Balaban J connectivity index is 2.02. The quantitative estimate of drug-likeness (QED) is 0.806. The first-order chi connectivity index (χ1) is 8.76. The van der Waals surface area contributed by atoms with Gasteiger partial charge in [-0.1, -0.05) is 15.9 Å². The van der Waals surface area contributed by atoms with Crippen LogP contribution in [0.25, 0.3) is 20.9 Å². The van der Waals surface area contributed by atoms with Gasteiger partial charge in [0.25, 0.3) is 0 Å². The van der Waals surface area contributed by atoms with Gasteiger partial charge in [0.2, 0.25) is 0 Å². The normalized spacial score (nSPS) is 11.2. The molecule has 0 aliphatic heterocycles. The number of imidazole rings is 1. The molecule has 0 fully saturated rings. The van der Waals surface area contributed by atoms with Gasteiger partial charge in [-0.15, -0.1) is 11.3 Å². The van der Waals surface area contributed by atoms with Gasteiger partial charge < -0.3 is 10.3 Å². The highest BCUT2D eigenvalue weighted by Crippen LogP contribution is 2.30. The van der Waals surface area contributed by atoms with Crippen molar-refractivity contribution in [1.29, 1.82) is 0 Å². The number of thiazole rings is 1. The van der Waals surface area contributed by atoms with Crippen molar-refractivity contribution in [2.24, 2.45) is 5.73 Å². The van der Waals surface area contributed by atoms with E-state index < -0.39 is 0 Å². The van der Waals surface area contributed by atoms with Crippen molar-refractivity contribution in [2.75, 3.05) is 6.54 Å². The number of hydrogen-bond acceptors (Lipinski definition) is 4. The average Bonchev–Trinajstić information content (AvgIpc) is 2.94. The third kappa shape index (κ3) is 2.19. The summed E-state index contributed by atoms with van der Waals surface area (Å²) in [5, 5.41) is 0.943. The van der Waals surface area contributed by atoms with Crippen LogP contribution in [0.5, 0.6) is 0 Å². The summed E-state index contributed by atoms with van der Waals surface area (Å²) < 4.78 is 4.21. The molecule has 0 amide bonds. The monoisotopic (exact) mass is 322 g/mol. The van der Waals surface area contributed by atoms with Crippen LogP contribution in [-0.2, 0) is 6.54 Å². The Morgan fingerprint density at radius 2 is 2.28 bits per heavy atom. The molecule has 0 unspecified atom stereocenters. The SMILES string of the molecule is NCCn1cnc(-c2nc3ccc(Br)cc3s2)c1. The van der Waals surface area contributed by atoms with Crippen molar-refractivity contribution in [1.82, 2.24) is 14.5 Å². The van der Waals surface area contributed by atoms with Crippen LogP contribution in [-0.4, -0.2) is 21.1 Å². The summed E-state index contributed by atoms with van der Waals surface area (Å²) in [4.78, 5) is 8.95. The first-order valence-electron chi connectivity index (χ1n) is 5.54. The fourth-order valence-corrected chi connectivity index (χ4v) is 3.23. The highest BCUT2D eigenvalue weighted by molar-refractivity contribution is 9.10. The average molecular weight is 323 g/mol. The van der Waals surface area contributed by atoms with Crippen LogP contribution in [0.1, 0.15) is 0 Å². The van der Waals surface area contributed by atoms with Gasteiger partial charge in [-0.3, -0.25) is 0 Å². The number of fused-ring (bicyclic) bond motifs is 1. The van der Waals surface area contributed by atoms with Crippen molar-refractivity contribution in [3.05, 3.63) is 35.2 Å². The van der Waals surface area contributed by atoms with Crippen LogP contribution in [0.15, 0.2) is 35.2 Å². The predicted octanol–water partition coefficient (Wildman–Crippen LogP) is 2.88. The molecule has 0 bridgehead atoms. The molecule has 0 aliphatic rings. The summed E-state index contributed by atoms with van der Waals surface area (Å²) in [5.74, 6) is 0. The molecule has 18 heavy (non-hydrogen) atoms. The van der Waals surface area contributed by atoms with Crippen LogP contribution in [0.3, 0.4) is 0 Å². The lowest BCUT2D eigenvalue weighted by Gasteiger charge is -1.94. The third-order valence-corrected chi connectivity index (χ3v) is 4.12. The summed E-state index contributed by atoms with van der Waals surface area (Å²) in [6.45, 7) is 1.39. The van der Waals surface area contributed by atoms with Crippen LogP contribution < -0.4 is 5.73 Å². The Bertz CT molecular complexity index is 688. The molecule has 2 aromatic heterocycles. The number of halogens is 1. The zero-order valence-corrected chi connectivity index (χ0v) is 11.9. The second-order valence-corrected chi connectivity index (χ2v) is 5.86. The molecular formula is C12H11BrN4S. The lowest BCUT2D eigenvalue weighted by molar-refractivity contribution is 0.708. The summed E-state index contributed by atoms with van der Waals surface area (Å²) in [6, 6.07) is 6.09. The second kappa shape index (κ2) is 4.79. The first-order valence-corrected chi connectivity index (χ1v) is 7.15. The lowest BCUT2D eigenvalue weighted by atomic mass is 10.3. The molecule has 0 aliphatic carbocycles. The highest BCUT2D eigenvalue weighted by atomic mass is 79.9. The molecule has 4 nitrogen and oxygen atoms in total. The maximum Gasteiger partial charge on any atom is 0.144 e. The van der Waals surface area contributed by atoms with Gasteiger partial charge in [-0.05, 0) is 18.2 Å². The molecule has 0 spiro atoms. The topological polar surface area (TPSA) is 56.7 Å². The Hall–Kier alpha value is -1.24. The number of aromatic nitrogens is 3. The van der Waals surface area contributed by atoms with E-state index in [1.54, 1.807) is 17.7 Å². The fraction of sp³-hybridized carbons (Fsp3) is 0.167. The molecule has 0 saturated carbocycles. The predicted molar refractivity (Wildman–Crippen MR) is 77.6 cm³/mol. The first kappa shape index (κ1) is 11.8. The largest absolute Gasteiger partial charge is 0.335 e. The number of rotatable bonds is 3. The standard InChI is InChI=1S/C12H11BrN4S/c13-8-1-2-9-11(5-8)18-12(16-9)10-6-17(4-3-14)7-15-10/h1-2,5-7H,3-4,14H2. The number of nitrogens with two attached hydrogens (primary N) is 1. The molecule has 6 heteroatoms. The molecule has 2 N–H and O–H groups in total. The Labute approximate surface area is 117 Å².